The highest BCUT2D eigenvalue weighted by Crippen LogP contribution is 2.35. The summed E-state index contributed by atoms with van der Waals surface area (Å²) in [7, 11) is 0. The molecule has 0 spiro atoms. The van der Waals surface area contributed by atoms with Gasteiger partial charge in [-0.3, -0.25) is 0 Å². The van der Waals surface area contributed by atoms with Crippen LogP contribution in [0, 0.1) is 0 Å². The molecule has 0 unspecified atom stereocenters. The quantitative estimate of drug-likeness (QED) is 0.645. The van der Waals surface area contributed by atoms with Crippen molar-refractivity contribution in [3.05, 3.63) is 41.7 Å². The summed E-state index contributed by atoms with van der Waals surface area (Å²) in [5, 5.41) is 1.25. The Hall–Kier alpha value is -1.26. The summed E-state index contributed by atoms with van der Waals surface area (Å²) in [6.45, 7) is 0. The van der Waals surface area contributed by atoms with E-state index in [2.05, 4.69) is 9.97 Å². The molecule has 0 bridgehead atoms. The summed E-state index contributed by atoms with van der Waals surface area (Å²) in [5.41, 5.74) is 6.45. The van der Waals surface area contributed by atoms with Gasteiger partial charge in [-0.25, -0.2) is 9.97 Å². The first kappa shape index (κ1) is 10.3. The number of nitrogen functional groups attached to an aromatic ring is 1. The number of nitrogens with zero attached hydrogens (tertiary/aromatic N) is 2. The Bertz CT molecular complexity index is 441. The lowest BCUT2D eigenvalue weighted by Crippen LogP contribution is -1.90. The third kappa shape index (κ3) is 2.40. The van der Waals surface area contributed by atoms with Gasteiger partial charge in [0, 0.05) is 18.1 Å². The molecular formula is C10H8ClN3S. The molecule has 15 heavy (non-hydrogen) atoms. The molecular weight excluding hydrogens is 230 g/mol. The predicted molar refractivity (Wildman–Crippen MR) is 62.0 cm³/mol. The molecule has 76 valence electrons. The number of hydrogen-bond donors (Lipinski definition) is 1. The topological polar surface area (TPSA) is 51.8 Å². The summed E-state index contributed by atoms with van der Waals surface area (Å²) in [6, 6.07) is 7.17. The maximum atomic E-state index is 6.02. The smallest absolute Gasteiger partial charge is 0.192 e. The van der Waals surface area contributed by atoms with E-state index in [-0.39, 0.29) is 0 Å². The second kappa shape index (κ2) is 4.51. The van der Waals surface area contributed by atoms with Gasteiger partial charge in [0.2, 0.25) is 0 Å². The van der Waals surface area contributed by atoms with Gasteiger partial charge in [-0.1, -0.05) is 17.7 Å². The number of halogens is 1. The molecule has 3 nitrogen and oxygen atoms in total. The van der Waals surface area contributed by atoms with Crippen LogP contribution >= 0.6 is 23.4 Å². The summed E-state index contributed by atoms with van der Waals surface area (Å²) in [4.78, 5) is 8.98. The lowest BCUT2D eigenvalue weighted by molar-refractivity contribution is 0.967. The average molecular weight is 238 g/mol. The van der Waals surface area contributed by atoms with Gasteiger partial charge >= 0.3 is 0 Å². The SMILES string of the molecule is Nc1cccc(Cl)c1Sc1ncccn1. The Morgan fingerprint density at radius 3 is 2.53 bits per heavy atom. The molecule has 0 radical (unpaired) electrons. The molecule has 0 atom stereocenters. The molecule has 5 heteroatoms. The molecule has 0 fully saturated rings. The van der Waals surface area contributed by atoms with Crippen molar-refractivity contribution < 1.29 is 0 Å². The summed E-state index contributed by atoms with van der Waals surface area (Å²) in [5.74, 6) is 0. The van der Waals surface area contributed by atoms with Crippen LogP contribution in [0.5, 0.6) is 0 Å². The summed E-state index contributed by atoms with van der Waals surface area (Å²) < 4.78 is 0. The van der Waals surface area contributed by atoms with Gasteiger partial charge in [-0.05, 0) is 30.0 Å². The van der Waals surface area contributed by atoms with Gasteiger partial charge in [0.25, 0.3) is 0 Å². The van der Waals surface area contributed by atoms with Crippen molar-refractivity contribution in [1.82, 2.24) is 9.97 Å². The lowest BCUT2D eigenvalue weighted by Gasteiger charge is -2.05. The Morgan fingerprint density at radius 2 is 1.87 bits per heavy atom. The molecule has 2 aromatic rings. The minimum atomic E-state index is 0.618. The van der Waals surface area contributed by atoms with Gasteiger partial charge in [0.1, 0.15) is 0 Å². The van der Waals surface area contributed by atoms with Gasteiger partial charge in [-0.2, -0.15) is 0 Å². The first-order chi connectivity index (χ1) is 7.27. The summed E-state index contributed by atoms with van der Waals surface area (Å²) in [6.07, 6.45) is 3.37. The fourth-order valence-corrected chi connectivity index (χ4v) is 2.12. The fraction of sp³-hybridized carbons (Fsp3) is 0. The molecule has 0 saturated heterocycles. The Balaban J connectivity index is 2.32. The molecule has 0 aliphatic rings. The van der Waals surface area contributed by atoms with Gasteiger partial charge in [0.05, 0.1) is 9.92 Å². The van der Waals surface area contributed by atoms with Gasteiger partial charge in [-0.15, -0.1) is 0 Å². The maximum Gasteiger partial charge on any atom is 0.192 e. The molecule has 2 N–H and O–H groups in total. The molecule has 1 aromatic heterocycles. The summed E-state index contributed by atoms with van der Waals surface area (Å²) >= 11 is 7.38. The Labute approximate surface area is 96.7 Å². The lowest BCUT2D eigenvalue weighted by atomic mass is 10.3. The van der Waals surface area contributed by atoms with E-state index in [1.807, 2.05) is 6.07 Å². The third-order valence-electron chi connectivity index (χ3n) is 1.73. The highest BCUT2D eigenvalue weighted by Gasteiger charge is 2.07. The van der Waals surface area contributed by atoms with Crippen molar-refractivity contribution in [2.45, 2.75) is 10.1 Å². The maximum absolute atomic E-state index is 6.02. The molecule has 0 aliphatic carbocycles. The second-order valence-corrected chi connectivity index (χ2v) is 4.18. The van der Waals surface area contributed by atoms with Crippen LogP contribution in [0.3, 0.4) is 0 Å². The van der Waals surface area contributed by atoms with Crippen LogP contribution in [0.15, 0.2) is 46.7 Å². The molecule has 0 aliphatic heterocycles. The molecule has 2 rings (SSSR count). The Morgan fingerprint density at radius 1 is 1.13 bits per heavy atom. The van der Waals surface area contributed by atoms with Crippen molar-refractivity contribution in [2.75, 3.05) is 5.73 Å². The minimum Gasteiger partial charge on any atom is -0.398 e. The molecule has 1 aromatic carbocycles. The zero-order chi connectivity index (χ0) is 10.7. The van der Waals surface area contributed by atoms with Gasteiger partial charge < -0.3 is 5.73 Å². The number of nitrogens with two attached hydrogens (primary N) is 1. The van der Waals surface area contributed by atoms with Crippen molar-refractivity contribution in [3.63, 3.8) is 0 Å². The standard InChI is InChI=1S/C10H8ClN3S/c11-7-3-1-4-8(12)9(7)15-10-13-5-2-6-14-10/h1-6H,12H2. The van der Waals surface area contributed by atoms with Crippen LogP contribution in [0.2, 0.25) is 5.02 Å². The number of aromatic nitrogens is 2. The van der Waals surface area contributed by atoms with Crippen LogP contribution in [-0.2, 0) is 0 Å². The van der Waals surface area contributed by atoms with E-state index >= 15 is 0 Å². The van der Waals surface area contributed by atoms with Crippen molar-refractivity contribution in [3.8, 4) is 0 Å². The van der Waals surface area contributed by atoms with E-state index in [1.165, 1.54) is 11.8 Å². The zero-order valence-electron chi connectivity index (χ0n) is 7.72. The van der Waals surface area contributed by atoms with Crippen molar-refractivity contribution in [2.24, 2.45) is 0 Å². The normalized spacial score (nSPS) is 10.2. The van der Waals surface area contributed by atoms with E-state index in [1.54, 1.807) is 30.6 Å². The zero-order valence-corrected chi connectivity index (χ0v) is 9.29. The first-order valence-corrected chi connectivity index (χ1v) is 5.45. The van der Waals surface area contributed by atoms with Crippen LogP contribution in [-0.4, -0.2) is 9.97 Å². The average Bonchev–Trinajstić information content (AvgIpc) is 2.25. The first-order valence-electron chi connectivity index (χ1n) is 4.26. The number of anilines is 1. The minimum absolute atomic E-state index is 0.618. The number of hydrogen-bond acceptors (Lipinski definition) is 4. The van der Waals surface area contributed by atoms with E-state index in [0.717, 1.165) is 4.90 Å². The van der Waals surface area contributed by atoms with Crippen LogP contribution in [0.25, 0.3) is 0 Å². The molecule has 0 saturated carbocycles. The van der Waals surface area contributed by atoms with Crippen molar-refractivity contribution in [1.29, 1.82) is 0 Å². The van der Waals surface area contributed by atoms with Crippen LogP contribution in [0.4, 0.5) is 5.69 Å². The number of rotatable bonds is 2. The highest BCUT2D eigenvalue weighted by atomic mass is 35.5. The van der Waals surface area contributed by atoms with E-state index < -0.39 is 0 Å². The van der Waals surface area contributed by atoms with E-state index in [0.29, 0.717) is 15.9 Å². The largest absolute Gasteiger partial charge is 0.398 e. The van der Waals surface area contributed by atoms with Crippen molar-refractivity contribution >= 4 is 29.1 Å². The van der Waals surface area contributed by atoms with Crippen LogP contribution in [0.1, 0.15) is 0 Å². The monoisotopic (exact) mass is 237 g/mol. The van der Waals surface area contributed by atoms with E-state index in [4.69, 9.17) is 17.3 Å². The Kier molecular flexibility index (Phi) is 3.08. The molecule has 0 amide bonds. The van der Waals surface area contributed by atoms with Gasteiger partial charge in [0.15, 0.2) is 5.16 Å². The molecule has 1 heterocycles. The fourth-order valence-electron chi connectivity index (χ4n) is 1.06. The second-order valence-electron chi connectivity index (χ2n) is 2.79. The van der Waals surface area contributed by atoms with E-state index in [9.17, 15) is 0 Å². The van der Waals surface area contributed by atoms with Crippen LogP contribution < -0.4 is 5.73 Å². The predicted octanol–water partition coefficient (Wildman–Crippen LogP) is 2.86. The number of benzene rings is 1. The third-order valence-corrected chi connectivity index (χ3v) is 3.21. The highest BCUT2D eigenvalue weighted by molar-refractivity contribution is 7.99.